The molecule has 0 aliphatic carbocycles. The van der Waals surface area contributed by atoms with Crippen LogP contribution in [0.4, 0.5) is 5.69 Å². The summed E-state index contributed by atoms with van der Waals surface area (Å²) in [5.41, 5.74) is 1.04. The van der Waals surface area contributed by atoms with E-state index in [2.05, 4.69) is 5.32 Å². The Hall–Kier alpha value is -2.85. The topological polar surface area (TPSA) is 80.6 Å². The van der Waals surface area contributed by atoms with Gasteiger partial charge in [-0.05, 0) is 68.9 Å². The number of thiocyanates is 1. The molecule has 0 fully saturated rings. The number of nitriles is 1. The summed E-state index contributed by atoms with van der Waals surface area (Å²) < 4.78 is 16.9. The van der Waals surface area contributed by atoms with Crippen LogP contribution in [-0.2, 0) is 0 Å². The molecule has 0 unspecified atom stereocenters. The SMILES string of the molecule is CCOc1cc(C(=O)Nc2ccc(SC#N)cc2)cc(OCC)c1OCC. The molecule has 2 rings (SSSR count). The summed E-state index contributed by atoms with van der Waals surface area (Å²) in [7, 11) is 0. The Morgan fingerprint density at radius 1 is 1.00 bits per heavy atom. The van der Waals surface area contributed by atoms with Crippen molar-refractivity contribution in [2.75, 3.05) is 25.1 Å². The van der Waals surface area contributed by atoms with Gasteiger partial charge in [0.2, 0.25) is 5.75 Å². The molecule has 2 aromatic rings. The van der Waals surface area contributed by atoms with Gasteiger partial charge in [-0.25, -0.2) is 0 Å². The lowest BCUT2D eigenvalue weighted by atomic mass is 10.1. The minimum Gasteiger partial charge on any atom is -0.490 e. The zero-order chi connectivity index (χ0) is 19.6. The number of hydrogen-bond acceptors (Lipinski definition) is 6. The molecule has 0 bridgehead atoms. The molecule has 0 spiro atoms. The highest BCUT2D eigenvalue weighted by Gasteiger charge is 2.18. The molecule has 0 saturated heterocycles. The number of carbonyl (C=O) groups is 1. The molecule has 0 saturated carbocycles. The normalized spacial score (nSPS) is 10.0. The molecule has 0 atom stereocenters. The highest BCUT2D eigenvalue weighted by Crippen LogP contribution is 2.39. The third kappa shape index (κ3) is 5.56. The van der Waals surface area contributed by atoms with Gasteiger partial charge in [-0.2, -0.15) is 5.26 Å². The van der Waals surface area contributed by atoms with Gasteiger partial charge >= 0.3 is 0 Å². The number of thioether (sulfide) groups is 1. The number of rotatable bonds is 9. The zero-order valence-electron chi connectivity index (χ0n) is 15.6. The maximum atomic E-state index is 12.7. The summed E-state index contributed by atoms with van der Waals surface area (Å²) in [6, 6.07) is 10.3. The fraction of sp³-hybridized carbons (Fsp3) is 0.300. The Balaban J connectivity index is 2.29. The first-order valence-electron chi connectivity index (χ1n) is 8.66. The highest BCUT2D eigenvalue weighted by molar-refractivity contribution is 8.03. The van der Waals surface area contributed by atoms with E-state index in [-0.39, 0.29) is 5.91 Å². The number of benzene rings is 2. The molecule has 1 amide bonds. The summed E-state index contributed by atoms with van der Waals surface area (Å²) in [4.78, 5) is 13.5. The Bertz CT molecular complexity index is 789. The van der Waals surface area contributed by atoms with Gasteiger partial charge in [-0.1, -0.05) is 0 Å². The molecule has 0 heterocycles. The quantitative estimate of drug-likeness (QED) is 0.497. The molecule has 7 heteroatoms. The number of hydrogen-bond donors (Lipinski definition) is 1. The molecule has 0 aromatic heterocycles. The second-order valence-corrected chi connectivity index (χ2v) is 6.13. The minimum atomic E-state index is -0.291. The molecular formula is C20H22N2O4S. The lowest BCUT2D eigenvalue weighted by molar-refractivity contribution is 0.102. The lowest BCUT2D eigenvalue weighted by Gasteiger charge is -2.17. The van der Waals surface area contributed by atoms with E-state index < -0.39 is 0 Å². The van der Waals surface area contributed by atoms with Gasteiger partial charge in [0.05, 0.1) is 19.8 Å². The van der Waals surface area contributed by atoms with Crippen molar-refractivity contribution >= 4 is 23.4 Å². The van der Waals surface area contributed by atoms with Gasteiger partial charge in [-0.15, -0.1) is 0 Å². The third-order valence-corrected chi connectivity index (χ3v) is 4.05. The van der Waals surface area contributed by atoms with Crippen molar-refractivity contribution in [3.8, 4) is 22.6 Å². The van der Waals surface area contributed by atoms with Crippen LogP contribution in [0, 0.1) is 10.7 Å². The summed E-state index contributed by atoms with van der Waals surface area (Å²) in [6.45, 7) is 6.94. The van der Waals surface area contributed by atoms with E-state index in [4.69, 9.17) is 19.5 Å². The average Bonchev–Trinajstić information content (AvgIpc) is 2.66. The summed E-state index contributed by atoms with van der Waals surface area (Å²) >= 11 is 1.07. The average molecular weight is 386 g/mol. The fourth-order valence-electron chi connectivity index (χ4n) is 2.38. The minimum absolute atomic E-state index is 0.291. The Morgan fingerprint density at radius 2 is 1.56 bits per heavy atom. The number of nitrogens with zero attached hydrogens (tertiary/aromatic N) is 1. The predicted octanol–water partition coefficient (Wildman–Crippen LogP) is 4.71. The number of amides is 1. The van der Waals surface area contributed by atoms with Crippen molar-refractivity contribution in [2.24, 2.45) is 0 Å². The van der Waals surface area contributed by atoms with Crippen LogP contribution < -0.4 is 19.5 Å². The van der Waals surface area contributed by atoms with E-state index in [1.807, 2.05) is 26.2 Å². The second-order valence-electron chi connectivity index (χ2n) is 5.27. The van der Waals surface area contributed by atoms with E-state index in [9.17, 15) is 4.79 Å². The summed E-state index contributed by atoms with van der Waals surface area (Å²) in [5.74, 6) is 1.14. The third-order valence-electron chi connectivity index (χ3n) is 3.45. The first kappa shape index (κ1) is 20.5. The fourth-order valence-corrected chi connectivity index (χ4v) is 2.76. The van der Waals surface area contributed by atoms with Crippen LogP contribution in [0.25, 0.3) is 0 Å². The van der Waals surface area contributed by atoms with Gasteiger partial charge in [-0.3, -0.25) is 4.79 Å². The molecular weight excluding hydrogens is 364 g/mol. The van der Waals surface area contributed by atoms with Crippen LogP contribution >= 0.6 is 11.8 Å². The summed E-state index contributed by atoms with van der Waals surface area (Å²) in [6.07, 6.45) is 0. The van der Waals surface area contributed by atoms with Crippen molar-refractivity contribution < 1.29 is 19.0 Å². The van der Waals surface area contributed by atoms with Crippen LogP contribution in [0.1, 0.15) is 31.1 Å². The van der Waals surface area contributed by atoms with Gasteiger partial charge in [0.25, 0.3) is 5.91 Å². The van der Waals surface area contributed by atoms with Crippen LogP contribution in [-0.4, -0.2) is 25.7 Å². The first-order valence-corrected chi connectivity index (χ1v) is 9.48. The van der Waals surface area contributed by atoms with Crippen molar-refractivity contribution in [3.63, 3.8) is 0 Å². The highest BCUT2D eigenvalue weighted by atomic mass is 32.2. The molecule has 0 aliphatic heterocycles. The van der Waals surface area contributed by atoms with Gasteiger partial charge in [0.1, 0.15) is 5.40 Å². The molecule has 0 radical (unpaired) electrons. The van der Waals surface area contributed by atoms with Gasteiger partial charge < -0.3 is 19.5 Å². The Morgan fingerprint density at radius 3 is 2.04 bits per heavy atom. The molecule has 6 nitrogen and oxygen atoms in total. The number of ether oxygens (including phenoxy) is 3. The maximum Gasteiger partial charge on any atom is 0.255 e. The van der Waals surface area contributed by atoms with E-state index >= 15 is 0 Å². The summed E-state index contributed by atoms with van der Waals surface area (Å²) in [5, 5.41) is 13.5. The number of carbonyl (C=O) groups excluding carboxylic acids is 1. The Kier molecular flexibility index (Phi) is 7.83. The molecule has 142 valence electrons. The standard InChI is InChI=1S/C20H22N2O4S/c1-4-24-17-11-14(12-18(25-5-2)19(17)26-6-3)20(23)22-15-7-9-16(10-8-15)27-13-21/h7-12H,4-6H2,1-3H3,(H,22,23). The maximum absolute atomic E-state index is 12.7. The van der Waals surface area contributed by atoms with E-state index in [1.165, 1.54) is 0 Å². The van der Waals surface area contributed by atoms with Gasteiger partial charge in [0, 0.05) is 16.1 Å². The second kappa shape index (κ2) is 10.3. The zero-order valence-corrected chi connectivity index (χ0v) is 16.4. The van der Waals surface area contributed by atoms with Crippen molar-refractivity contribution in [1.82, 2.24) is 0 Å². The molecule has 2 aromatic carbocycles. The number of anilines is 1. The van der Waals surface area contributed by atoms with E-state index in [0.717, 1.165) is 16.7 Å². The molecule has 1 N–H and O–H groups in total. The monoisotopic (exact) mass is 386 g/mol. The van der Waals surface area contributed by atoms with Crippen LogP contribution in [0.15, 0.2) is 41.3 Å². The van der Waals surface area contributed by atoms with E-state index in [1.54, 1.807) is 36.4 Å². The number of nitrogens with one attached hydrogen (secondary N) is 1. The largest absolute Gasteiger partial charge is 0.490 e. The van der Waals surface area contributed by atoms with Crippen molar-refractivity contribution in [1.29, 1.82) is 5.26 Å². The first-order chi connectivity index (χ1) is 13.1. The predicted molar refractivity (Wildman–Crippen MR) is 106 cm³/mol. The Labute approximate surface area is 163 Å². The van der Waals surface area contributed by atoms with E-state index in [0.29, 0.717) is 48.3 Å². The van der Waals surface area contributed by atoms with Crippen LogP contribution in [0.3, 0.4) is 0 Å². The molecule has 0 aliphatic rings. The van der Waals surface area contributed by atoms with Crippen molar-refractivity contribution in [3.05, 3.63) is 42.0 Å². The van der Waals surface area contributed by atoms with Crippen LogP contribution in [0.2, 0.25) is 0 Å². The lowest BCUT2D eigenvalue weighted by Crippen LogP contribution is -2.13. The van der Waals surface area contributed by atoms with Gasteiger partial charge in [0.15, 0.2) is 11.5 Å². The van der Waals surface area contributed by atoms with Crippen LogP contribution in [0.5, 0.6) is 17.2 Å². The smallest absolute Gasteiger partial charge is 0.255 e. The van der Waals surface area contributed by atoms with Crippen molar-refractivity contribution in [2.45, 2.75) is 25.7 Å². The molecule has 27 heavy (non-hydrogen) atoms.